The van der Waals surface area contributed by atoms with E-state index in [2.05, 4.69) is 0 Å². The molecule has 4 heteroatoms. The molecule has 2 aliphatic carbocycles. The van der Waals surface area contributed by atoms with Crippen molar-refractivity contribution in [3.63, 3.8) is 0 Å². The van der Waals surface area contributed by atoms with Gasteiger partial charge in [0, 0.05) is 6.04 Å². The fourth-order valence-electron chi connectivity index (χ4n) is 3.70. The number of hydrogen-bond donors (Lipinski definition) is 1. The molecule has 2 N–H and O–H groups in total. The van der Waals surface area contributed by atoms with Gasteiger partial charge in [-0.15, -0.1) is 0 Å². The number of benzene rings is 1. The molecule has 3 atom stereocenters. The van der Waals surface area contributed by atoms with Gasteiger partial charge in [0.25, 0.3) is 0 Å². The van der Waals surface area contributed by atoms with Crippen LogP contribution in [0.3, 0.4) is 0 Å². The summed E-state index contributed by atoms with van der Waals surface area (Å²) in [7, 11) is 0. The van der Waals surface area contributed by atoms with Crippen molar-refractivity contribution >= 4 is 0 Å². The molecule has 1 aromatic carbocycles. The Morgan fingerprint density at radius 3 is 2.00 bits per heavy atom. The van der Waals surface area contributed by atoms with E-state index in [0.717, 1.165) is 17.7 Å². The molecule has 1 nitrogen and oxygen atoms in total. The van der Waals surface area contributed by atoms with Crippen LogP contribution in [0.2, 0.25) is 0 Å². The molecule has 0 heterocycles. The minimum Gasteiger partial charge on any atom is -0.324 e. The highest BCUT2D eigenvalue weighted by molar-refractivity contribution is 5.28. The lowest BCUT2D eigenvalue weighted by Crippen LogP contribution is -2.15. The monoisotopic (exact) mass is 269 g/mol. The van der Waals surface area contributed by atoms with Crippen LogP contribution in [0.15, 0.2) is 24.3 Å². The highest BCUT2D eigenvalue weighted by Gasteiger charge is 2.53. The summed E-state index contributed by atoms with van der Waals surface area (Å²) in [4.78, 5) is 0. The first-order valence-corrected chi connectivity index (χ1v) is 6.91. The Bertz CT molecular complexity index is 439. The van der Waals surface area contributed by atoms with E-state index in [1.165, 1.54) is 37.8 Å². The summed E-state index contributed by atoms with van der Waals surface area (Å²) < 4.78 is 37.5. The Morgan fingerprint density at radius 1 is 1.00 bits per heavy atom. The second kappa shape index (κ2) is 4.51. The summed E-state index contributed by atoms with van der Waals surface area (Å²) in [6, 6.07) is 5.26. The normalized spacial score (nSPS) is 31.7. The maximum absolute atomic E-state index is 12.5. The van der Waals surface area contributed by atoms with Crippen molar-refractivity contribution in [1.29, 1.82) is 0 Å². The van der Waals surface area contributed by atoms with E-state index in [9.17, 15) is 13.2 Å². The average molecular weight is 269 g/mol. The highest BCUT2D eigenvalue weighted by atomic mass is 19.4. The zero-order valence-electron chi connectivity index (χ0n) is 10.7. The maximum Gasteiger partial charge on any atom is 0.416 e. The van der Waals surface area contributed by atoms with Gasteiger partial charge in [-0.2, -0.15) is 13.2 Å². The Kier molecular flexibility index (Phi) is 3.08. The van der Waals surface area contributed by atoms with E-state index in [-0.39, 0.29) is 6.04 Å². The SMILES string of the molecule is NC(c1ccc(C(F)(F)F)cc1)C1C2CCCCC21. The molecule has 3 unspecified atom stereocenters. The van der Waals surface area contributed by atoms with Gasteiger partial charge in [0.2, 0.25) is 0 Å². The van der Waals surface area contributed by atoms with Crippen LogP contribution in [0.1, 0.15) is 42.9 Å². The van der Waals surface area contributed by atoms with E-state index in [0.29, 0.717) is 17.8 Å². The van der Waals surface area contributed by atoms with Crippen molar-refractivity contribution in [2.24, 2.45) is 23.5 Å². The molecule has 0 saturated heterocycles. The average Bonchev–Trinajstić information content (AvgIpc) is 3.11. The third kappa shape index (κ3) is 2.38. The number of nitrogens with two attached hydrogens (primary N) is 1. The molecule has 0 aromatic heterocycles. The summed E-state index contributed by atoms with van der Waals surface area (Å²) >= 11 is 0. The Labute approximate surface area is 111 Å². The van der Waals surface area contributed by atoms with Gasteiger partial charge in [-0.25, -0.2) is 0 Å². The number of fused-ring (bicyclic) bond motifs is 1. The molecule has 1 aromatic rings. The molecule has 0 radical (unpaired) electrons. The van der Waals surface area contributed by atoms with Crippen molar-refractivity contribution in [2.45, 2.75) is 37.9 Å². The Hall–Kier alpha value is -1.03. The molecule has 0 spiro atoms. The van der Waals surface area contributed by atoms with Crippen molar-refractivity contribution in [1.82, 2.24) is 0 Å². The van der Waals surface area contributed by atoms with E-state index < -0.39 is 11.7 Å². The molecule has 0 bridgehead atoms. The quantitative estimate of drug-likeness (QED) is 0.858. The minimum atomic E-state index is -4.27. The van der Waals surface area contributed by atoms with Crippen LogP contribution < -0.4 is 5.73 Å². The summed E-state index contributed by atoms with van der Waals surface area (Å²) in [6.07, 6.45) is 0.762. The second-order valence-electron chi connectivity index (χ2n) is 5.84. The molecular weight excluding hydrogens is 251 g/mol. The van der Waals surface area contributed by atoms with Crippen LogP contribution >= 0.6 is 0 Å². The van der Waals surface area contributed by atoms with Crippen LogP contribution in [0.4, 0.5) is 13.2 Å². The molecule has 2 aliphatic rings. The molecule has 19 heavy (non-hydrogen) atoms. The topological polar surface area (TPSA) is 26.0 Å². The predicted octanol–water partition coefficient (Wildman–Crippen LogP) is 4.14. The largest absolute Gasteiger partial charge is 0.416 e. The lowest BCUT2D eigenvalue weighted by atomic mass is 9.99. The van der Waals surface area contributed by atoms with Gasteiger partial charge in [0.05, 0.1) is 5.56 Å². The van der Waals surface area contributed by atoms with Crippen LogP contribution in [-0.4, -0.2) is 0 Å². The standard InChI is InChI=1S/C15H18F3N/c16-15(17,18)10-7-5-9(6-8-10)14(19)13-11-3-1-2-4-12(11)13/h5-8,11-14H,1-4,19H2. The van der Waals surface area contributed by atoms with Gasteiger partial charge in [-0.05, 0) is 48.3 Å². The third-order valence-electron chi connectivity index (χ3n) is 4.76. The summed E-state index contributed by atoms with van der Waals surface area (Å²) in [5, 5.41) is 0. The van der Waals surface area contributed by atoms with Gasteiger partial charge in [-0.1, -0.05) is 25.0 Å². The maximum atomic E-state index is 12.5. The second-order valence-corrected chi connectivity index (χ2v) is 5.84. The first-order chi connectivity index (χ1) is 8.98. The van der Waals surface area contributed by atoms with Crippen LogP contribution in [0, 0.1) is 17.8 Å². The first kappa shape index (κ1) is 13.0. The zero-order chi connectivity index (χ0) is 13.6. The molecule has 2 fully saturated rings. The van der Waals surface area contributed by atoms with Gasteiger partial charge in [0.1, 0.15) is 0 Å². The summed E-state index contributed by atoms with van der Waals surface area (Å²) in [5.74, 6) is 1.91. The van der Waals surface area contributed by atoms with Crippen molar-refractivity contribution in [3.8, 4) is 0 Å². The lowest BCUT2D eigenvalue weighted by Gasteiger charge is -2.13. The lowest BCUT2D eigenvalue weighted by molar-refractivity contribution is -0.137. The van der Waals surface area contributed by atoms with E-state index in [4.69, 9.17) is 5.73 Å². The van der Waals surface area contributed by atoms with Crippen molar-refractivity contribution < 1.29 is 13.2 Å². The van der Waals surface area contributed by atoms with Crippen LogP contribution in [0.25, 0.3) is 0 Å². The van der Waals surface area contributed by atoms with Crippen molar-refractivity contribution in [2.75, 3.05) is 0 Å². The third-order valence-corrected chi connectivity index (χ3v) is 4.76. The minimum absolute atomic E-state index is 0.101. The van der Waals surface area contributed by atoms with Gasteiger partial charge < -0.3 is 5.73 Å². The first-order valence-electron chi connectivity index (χ1n) is 6.91. The van der Waals surface area contributed by atoms with Crippen LogP contribution in [-0.2, 0) is 6.18 Å². The fourth-order valence-corrected chi connectivity index (χ4v) is 3.70. The molecule has 3 rings (SSSR count). The van der Waals surface area contributed by atoms with Gasteiger partial charge >= 0.3 is 6.18 Å². The van der Waals surface area contributed by atoms with Gasteiger partial charge in [-0.3, -0.25) is 0 Å². The molecule has 0 aliphatic heterocycles. The Morgan fingerprint density at radius 2 is 1.53 bits per heavy atom. The molecule has 2 saturated carbocycles. The summed E-state index contributed by atoms with van der Waals surface area (Å²) in [5.41, 5.74) is 6.48. The number of rotatable bonds is 2. The number of halogens is 3. The number of alkyl halides is 3. The summed E-state index contributed by atoms with van der Waals surface area (Å²) in [6.45, 7) is 0. The van der Waals surface area contributed by atoms with Crippen LogP contribution in [0.5, 0.6) is 0 Å². The number of hydrogen-bond acceptors (Lipinski definition) is 1. The van der Waals surface area contributed by atoms with Gasteiger partial charge in [0.15, 0.2) is 0 Å². The zero-order valence-corrected chi connectivity index (χ0v) is 10.7. The van der Waals surface area contributed by atoms with E-state index >= 15 is 0 Å². The highest BCUT2D eigenvalue weighted by Crippen LogP contribution is 2.59. The fraction of sp³-hybridized carbons (Fsp3) is 0.600. The predicted molar refractivity (Wildman–Crippen MR) is 67.3 cm³/mol. The van der Waals surface area contributed by atoms with E-state index in [1.54, 1.807) is 0 Å². The Balaban J connectivity index is 1.72. The molecular formula is C15H18F3N. The molecule has 104 valence electrons. The smallest absolute Gasteiger partial charge is 0.324 e. The van der Waals surface area contributed by atoms with Crippen molar-refractivity contribution in [3.05, 3.63) is 35.4 Å². The molecule has 0 amide bonds. The van der Waals surface area contributed by atoms with E-state index in [1.807, 2.05) is 0 Å².